The lowest BCUT2D eigenvalue weighted by atomic mass is 9.89. The molecule has 288 valence electrons. The van der Waals surface area contributed by atoms with Crippen LogP contribution in [0.25, 0.3) is 11.0 Å². The van der Waals surface area contributed by atoms with E-state index in [9.17, 15) is 13.2 Å². The molecule has 0 bridgehead atoms. The molecule has 0 radical (unpaired) electrons. The molecule has 2 fully saturated rings. The Kier molecular flexibility index (Phi) is 12.3. The molecule has 0 spiro atoms. The number of hydrogen-bond acceptors (Lipinski definition) is 10. The Balaban J connectivity index is 1.06. The molecule has 14 heteroatoms. The number of piperazine rings is 1. The number of ether oxygens (including phenoxy) is 2. The highest BCUT2D eigenvalue weighted by Gasteiger charge is 2.26. The molecule has 4 heterocycles. The Hall–Kier alpha value is -4.30. The number of carbonyl (C=O) groups excluding carboxylic acids is 1. The van der Waals surface area contributed by atoms with Gasteiger partial charge < -0.3 is 30.4 Å². The third-order valence-electron chi connectivity index (χ3n) is 10.8. The maximum absolute atomic E-state index is 13.8. The molecule has 12 nitrogen and oxygen atoms in total. The van der Waals surface area contributed by atoms with Gasteiger partial charge in [0, 0.05) is 81.7 Å². The first kappa shape index (κ1) is 38.0. The number of sulfonamides is 1. The maximum atomic E-state index is 13.8. The number of rotatable bonds is 14. The number of fused-ring (bicyclic) bond motifs is 1. The van der Waals surface area contributed by atoms with Crippen LogP contribution in [0.3, 0.4) is 0 Å². The van der Waals surface area contributed by atoms with Crippen molar-refractivity contribution in [3.05, 3.63) is 77.6 Å². The predicted molar refractivity (Wildman–Crippen MR) is 214 cm³/mol. The van der Waals surface area contributed by atoms with Gasteiger partial charge in [0.1, 0.15) is 17.1 Å². The first-order valence-electron chi connectivity index (χ1n) is 19.0. The van der Waals surface area contributed by atoms with Crippen molar-refractivity contribution in [2.75, 3.05) is 74.3 Å². The summed E-state index contributed by atoms with van der Waals surface area (Å²) >= 11 is 6.02. The maximum Gasteiger partial charge on any atom is 0.268 e. The second-order valence-electron chi connectivity index (χ2n) is 14.5. The summed E-state index contributed by atoms with van der Waals surface area (Å²) < 4.78 is 41.1. The third kappa shape index (κ3) is 9.31. The van der Waals surface area contributed by atoms with Crippen molar-refractivity contribution in [3.63, 3.8) is 0 Å². The summed E-state index contributed by atoms with van der Waals surface area (Å²) in [6.45, 7) is 6.62. The minimum absolute atomic E-state index is 0.0755. The number of anilines is 3. The molecule has 1 aliphatic carbocycles. The molecule has 1 amide bonds. The van der Waals surface area contributed by atoms with E-state index in [0.717, 1.165) is 82.7 Å². The summed E-state index contributed by atoms with van der Waals surface area (Å²) in [5.74, 6) is 0.986. The van der Waals surface area contributed by atoms with E-state index in [1.54, 1.807) is 35.7 Å². The third-order valence-corrected chi connectivity index (χ3v) is 12.4. The number of nitrogen functional groups attached to an aromatic ring is 1. The van der Waals surface area contributed by atoms with Crippen LogP contribution >= 0.6 is 11.6 Å². The van der Waals surface area contributed by atoms with Crippen molar-refractivity contribution in [1.82, 2.24) is 19.6 Å². The van der Waals surface area contributed by atoms with Gasteiger partial charge in [-0.1, -0.05) is 11.1 Å². The lowest BCUT2D eigenvalue weighted by Crippen LogP contribution is -2.47. The monoisotopic (exact) mass is 775 g/mol. The van der Waals surface area contributed by atoms with Crippen LogP contribution in [-0.4, -0.2) is 87.6 Å². The van der Waals surface area contributed by atoms with Crippen molar-refractivity contribution in [2.45, 2.75) is 56.3 Å². The number of benzene rings is 2. The summed E-state index contributed by atoms with van der Waals surface area (Å²) in [5, 5.41) is 4.17. The number of nitrogens with two attached hydrogens (primary N) is 1. The van der Waals surface area contributed by atoms with Crippen molar-refractivity contribution >= 4 is 55.6 Å². The van der Waals surface area contributed by atoms with Gasteiger partial charge in [0.15, 0.2) is 0 Å². The van der Waals surface area contributed by atoms with Crippen molar-refractivity contribution in [3.8, 4) is 11.5 Å². The zero-order valence-electron chi connectivity index (χ0n) is 30.6. The van der Waals surface area contributed by atoms with Gasteiger partial charge in [0.2, 0.25) is 0 Å². The number of allylic oxidation sites excluding steroid dienone is 1. The summed E-state index contributed by atoms with van der Waals surface area (Å²) in [6, 6.07) is 13.4. The second-order valence-corrected chi connectivity index (χ2v) is 16.5. The number of carbonyl (C=O) groups is 1. The van der Waals surface area contributed by atoms with E-state index in [0.29, 0.717) is 35.4 Å². The Morgan fingerprint density at radius 1 is 1.02 bits per heavy atom. The Labute approximate surface area is 322 Å². The SMILES string of the molecule is Nc1cc(S(=O)(=O)NC(=O)c2ccc(N3CCN(CC4=C(CCCCl)CCCC4)CC3)cc2Oc2cnc3[nH]ccc3c2)ccc1NCC1CCOCC1. The van der Waals surface area contributed by atoms with E-state index in [1.165, 1.54) is 37.8 Å². The smallest absolute Gasteiger partial charge is 0.268 e. The van der Waals surface area contributed by atoms with Gasteiger partial charge in [0.05, 0.1) is 28.0 Å². The molecule has 2 aromatic heterocycles. The quantitative estimate of drug-likeness (QED) is 0.0604. The van der Waals surface area contributed by atoms with Crippen LogP contribution in [0.1, 0.15) is 61.7 Å². The first-order valence-corrected chi connectivity index (χ1v) is 21.0. The number of nitrogens with zero attached hydrogens (tertiary/aromatic N) is 3. The molecule has 2 saturated heterocycles. The van der Waals surface area contributed by atoms with E-state index < -0.39 is 15.9 Å². The van der Waals surface area contributed by atoms with Crippen LogP contribution in [0.5, 0.6) is 11.5 Å². The molecule has 0 unspecified atom stereocenters. The Morgan fingerprint density at radius 2 is 1.81 bits per heavy atom. The van der Waals surface area contributed by atoms with Crippen molar-refractivity contribution in [2.24, 2.45) is 5.92 Å². The van der Waals surface area contributed by atoms with Crippen LogP contribution in [0.4, 0.5) is 17.1 Å². The average Bonchev–Trinajstić information content (AvgIpc) is 3.66. The first-order chi connectivity index (χ1) is 26.3. The largest absolute Gasteiger partial charge is 0.455 e. The Morgan fingerprint density at radius 3 is 2.59 bits per heavy atom. The fourth-order valence-electron chi connectivity index (χ4n) is 7.63. The summed E-state index contributed by atoms with van der Waals surface area (Å²) in [5.41, 5.74) is 12.1. The molecule has 0 saturated carbocycles. The van der Waals surface area contributed by atoms with Gasteiger partial charge >= 0.3 is 0 Å². The minimum atomic E-state index is -4.27. The van der Waals surface area contributed by atoms with Crippen LogP contribution in [0, 0.1) is 5.92 Å². The fraction of sp³-hybridized carbons (Fsp3) is 0.450. The molecule has 7 rings (SSSR count). The van der Waals surface area contributed by atoms with E-state index >= 15 is 0 Å². The van der Waals surface area contributed by atoms with Gasteiger partial charge in [0.25, 0.3) is 15.9 Å². The normalized spacial score (nSPS) is 17.5. The molecule has 3 aliphatic rings. The number of halogens is 1. The number of hydrogen-bond donors (Lipinski definition) is 4. The number of amides is 1. The van der Waals surface area contributed by atoms with Crippen LogP contribution in [0.15, 0.2) is 77.0 Å². The number of pyridine rings is 1. The summed E-state index contributed by atoms with van der Waals surface area (Å²) in [7, 11) is -4.27. The highest BCUT2D eigenvalue weighted by atomic mass is 35.5. The number of H-pyrrole nitrogens is 1. The number of aromatic amines is 1. The Bertz CT molecular complexity index is 2070. The standard InChI is InChI=1S/C40H50ClN7O5S/c41-14-3-6-29-4-1-2-5-31(29)27-47-16-18-48(19-17-47)32-7-9-35(38(23-32)53-33-22-30-11-15-43-39(30)45-26-33)40(49)46-54(50,51)34-8-10-37(36(42)24-34)44-25-28-12-20-52-21-13-28/h7-11,15,22-24,26,28,44H,1-6,12-14,16-21,25,27,42H2,(H,43,45)(H,46,49). The summed E-state index contributed by atoms with van der Waals surface area (Å²) in [4.78, 5) is 26.0. The van der Waals surface area contributed by atoms with Crippen molar-refractivity contribution in [1.29, 1.82) is 0 Å². The van der Waals surface area contributed by atoms with Crippen LogP contribution in [0.2, 0.25) is 0 Å². The lowest BCUT2D eigenvalue weighted by Gasteiger charge is -2.37. The average molecular weight is 776 g/mol. The summed E-state index contributed by atoms with van der Waals surface area (Å²) in [6.07, 6.45) is 12.3. The molecule has 5 N–H and O–H groups in total. The molecule has 0 atom stereocenters. The lowest BCUT2D eigenvalue weighted by molar-refractivity contribution is 0.0699. The zero-order valence-corrected chi connectivity index (χ0v) is 32.2. The van der Waals surface area contributed by atoms with Crippen molar-refractivity contribution < 1.29 is 22.7 Å². The molecule has 2 aromatic carbocycles. The van der Waals surface area contributed by atoms with Gasteiger partial charge in [-0.05, 0) is 99.7 Å². The number of nitrogens with one attached hydrogen (secondary N) is 3. The van der Waals surface area contributed by atoms with Crippen LogP contribution in [-0.2, 0) is 14.8 Å². The van der Waals surface area contributed by atoms with Gasteiger partial charge in [-0.3, -0.25) is 9.69 Å². The van der Waals surface area contributed by atoms with Gasteiger partial charge in [-0.2, -0.15) is 0 Å². The molecular formula is C40H50ClN7O5S. The minimum Gasteiger partial charge on any atom is -0.455 e. The molecule has 2 aliphatic heterocycles. The topological polar surface area (TPSA) is 155 Å². The van der Waals surface area contributed by atoms with E-state index in [-0.39, 0.29) is 21.9 Å². The highest BCUT2D eigenvalue weighted by Crippen LogP contribution is 2.33. The molecular weight excluding hydrogens is 726 g/mol. The second kappa shape index (κ2) is 17.4. The predicted octanol–water partition coefficient (Wildman–Crippen LogP) is 6.91. The fourth-order valence-corrected chi connectivity index (χ4v) is 8.76. The van der Waals surface area contributed by atoms with Crippen LogP contribution < -0.4 is 25.4 Å². The van der Waals surface area contributed by atoms with E-state index in [4.69, 9.17) is 26.8 Å². The number of alkyl halides is 1. The molecule has 54 heavy (non-hydrogen) atoms. The molecule has 4 aromatic rings. The van der Waals surface area contributed by atoms with Gasteiger partial charge in [-0.15, -0.1) is 11.6 Å². The van der Waals surface area contributed by atoms with E-state index in [2.05, 4.69) is 29.8 Å². The van der Waals surface area contributed by atoms with E-state index in [1.807, 2.05) is 24.3 Å². The zero-order chi connectivity index (χ0) is 37.5. The van der Waals surface area contributed by atoms with Gasteiger partial charge in [-0.25, -0.2) is 18.1 Å². The number of aromatic nitrogens is 2. The highest BCUT2D eigenvalue weighted by molar-refractivity contribution is 7.90.